The summed E-state index contributed by atoms with van der Waals surface area (Å²) in [5.41, 5.74) is -1.54. The number of ether oxygens (including phenoxy) is 1. The Balaban J connectivity index is 3.34. The van der Waals surface area contributed by atoms with Crippen LogP contribution in [0.5, 0.6) is 0 Å². The van der Waals surface area contributed by atoms with Gasteiger partial charge in [0, 0.05) is 0 Å². The first-order valence-corrected chi connectivity index (χ1v) is 4.10. The number of nitriles is 1. The van der Waals surface area contributed by atoms with Crippen LogP contribution >= 0.6 is 0 Å². The Labute approximate surface area is 89.1 Å². The van der Waals surface area contributed by atoms with Crippen LogP contribution in [-0.4, -0.2) is 13.1 Å². The SMILES string of the molecule is COC(=O)c1cc(C(F)(F)F)ccc1C#N. The van der Waals surface area contributed by atoms with Crippen molar-refractivity contribution < 1.29 is 22.7 Å². The van der Waals surface area contributed by atoms with Gasteiger partial charge in [-0.1, -0.05) is 0 Å². The molecule has 0 unspecified atom stereocenters. The molecule has 0 N–H and O–H groups in total. The first kappa shape index (κ1) is 12.0. The highest BCUT2D eigenvalue weighted by molar-refractivity contribution is 5.92. The van der Waals surface area contributed by atoms with Gasteiger partial charge in [-0.3, -0.25) is 0 Å². The minimum absolute atomic E-state index is 0.153. The van der Waals surface area contributed by atoms with Gasteiger partial charge in [0.05, 0.1) is 23.8 Å². The molecule has 0 radical (unpaired) electrons. The van der Waals surface area contributed by atoms with E-state index in [9.17, 15) is 18.0 Å². The molecular weight excluding hydrogens is 223 g/mol. The highest BCUT2D eigenvalue weighted by Gasteiger charge is 2.31. The number of halogens is 3. The van der Waals surface area contributed by atoms with Crippen molar-refractivity contribution in [3.63, 3.8) is 0 Å². The summed E-state index contributed by atoms with van der Waals surface area (Å²) >= 11 is 0. The number of nitrogens with zero attached hydrogens (tertiary/aromatic N) is 1. The second-order valence-electron chi connectivity index (χ2n) is 2.86. The molecule has 0 fully saturated rings. The normalized spacial score (nSPS) is 10.7. The molecule has 1 aromatic rings. The highest BCUT2D eigenvalue weighted by Crippen LogP contribution is 2.30. The van der Waals surface area contributed by atoms with Crippen LogP contribution in [0.25, 0.3) is 0 Å². The molecule has 1 aromatic carbocycles. The number of esters is 1. The minimum Gasteiger partial charge on any atom is -0.465 e. The largest absolute Gasteiger partial charge is 0.465 e. The zero-order chi connectivity index (χ0) is 12.3. The molecule has 0 bridgehead atoms. The average molecular weight is 229 g/mol. The number of hydrogen-bond acceptors (Lipinski definition) is 3. The third kappa shape index (κ3) is 2.31. The Hall–Kier alpha value is -2.03. The summed E-state index contributed by atoms with van der Waals surface area (Å²) in [4.78, 5) is 11.1. The maximum atomic E-state index is 12.3. The average Bonchev–Trinajstić information content (AvgIpc) is 2.25. The molecule has 0 heterocycles. The van der Waals surface area contributed by atoms with Crippen LogP contribution in [-0.2, 0) is 10.9 Å². The zero-order valence-electron chi connectivity index (χ0n) is 8.13. The summed E-state index contributed by atoms with van der Waals surface area (Å²) in [6, 6.07) is 3.90. The van der Waals surface area contributed by atoms with Gasteiger partial charge in [0.2, 0.25) is 0 Å². The molecule has 1 rings (SSSR count). The van der Waals surface area contributed by atoms with Gasteiger partial charge in [0.15, 0.2) is 0 Å². The van der Waals surface area contributed by atoms with Gasteiger partial charge >= 0.3 is 12.1 Å². The minimum atomic E-state index is -4.56. The summed E-state index contributed by atoms with van der Waals surface area (Å²) in [5, 5.41) is 8.62. The monoisotopic (exact) mass is 229 g/mol. The second-order valence-corrected chi connectivity index (χ2v) is 2.86. The summed E-state index contributed by atoms with van der Waals surface area (Å²) in [6.45, 7) is 0. The van der Waals surface area contributed by atoms with Crippen molar-refractivity contribution in [1.29, 1.82) is 5.26 Å². The standard InChI is InChI=1S/C10H6F3NO2/c1-16-9(15)8-4-7(10(11,12)13)3-2-6(8)5-14/h2-4H,1H3. The molecule has 0 spiro atoms. The van der Waals surface area contributed by atoms with E-state index in [1.54, 1.807) is 6.07 Å². The van der Waals surface area contributed by atoms with Crippen molar-refractivity contribution in [2.45, 2.75) is 6.18 Å². The molecule has 0 aliphatic carbocycles. The van der Waals surface area contributed by atoms with E-state index >= 15 is 0 Å². The molecule has 84 valence electrons. The number of carbonyl (C=O) groups excluding carboxylic acids is 1. The van der Waals surface area contributed by atoms with Crippen LogP contribution in [0.2, 0.25) is 0 Å². The van der Waals surface area contributed by atoms with Gasteiger partial charge in [-0.05, 0) is 18.2 Å². The first-order chi connectivity index (χ1) is 7.40. The molecule has 0 aliphatic heterocycles. The molecule has 0 saturated carbocycles. The number of benzene rings is 1. The van der Waals surface area contributed by atoms with Gasteiger partial charge < -0.3 is 4.74 Å². The number of hydrogen-bond donors (Lipinski definition) is 0. The number of carbonyl (C=O) groups is 1. The van der Waals surface area contributed by atoms with Crippen LogP contribution in [0, 0.1) is 11.3 Å². The van der Waals surface area contributed by atoms with Gasteiger partial charge in [-0.2, -0.15) is 18.4 Å². The van der Waals surface area contributed by atoms with E-state index in [0.29, 0.717) is 6.07 Å². The van der Waals surface area contributed by atoms with Gasteiger partial charge in [0.1, 0.15) is 6.07 Å². The molecule has 0 atom stereocenters. The zero-order valence-corrected chi connectivity index (χ0v) is 8.13. The fourth-order valence-corrected chi connectivity index (χ4v) is 1.10. The first-order valence-electron chi connectivity index (χ1n) is 4.10. The van der Waals surface area contributed by atoms with Crippen molar-refractivity contribution in [2.24, 2.45) is 0 Å². The summed E-state index contributed by atoms with van der Waals surface area (Å²) in [6.07, 6.45) is -4.56. The Morgan fingerprint density at radius 2 is 2.06 bits per heavy atom. The predicted octanol–water partition coefficient (Wildman–Crippen LogP) is 2.36. The fraction of sp³-hybridized carbons (Fsp3) is 0.200. The molecule has 0 amide bonds. The molecule has 0 aliphatic rings. The topological polar surface area (TPSA) is 50.1 Å². The molecule has 0 saturated heterocycles. The summed E-state index contributed by atoms with van der Waals surface area (Å²) < 4.78 is 41.3. The second kappa shape index (κ2) is 4.23. The van der Waals surface area contributed by atoms with Crippen LogP contribution in [0.4, 0.5) is 13.2 Å². The molecular formula is C10H6F3NO2. The Bertz CT molecular complexity index is 460. The summed E-state index contributed by atoms with van der Waals surface area (Å²) in [7, 11) is 1.03. The van der Waals surface area contributed by atoms with E-state index < -0.39 is 17.7 Å². The molecule has 16 heavy (non-hydrogen) atoms. The lowest BCUT2D eigenvalue weighted by Crippen LogP contribution is -2.10. The third-order valence-corrected chi connectivity index (χ3v) is 1.87. The smallest absolute Gasteiger partial charge is 0.416 e. The third-order valence-electron chi connectivity index (χ3n) is 1.87. The predicted molar refractivity (Wildman–Crippen MR) is 47.5 cm³/mol. The maximum Gasteiger partial charge on any atom is 0.416 e. The lowest BCUT2D eigenvalue weighted by atomic mass is 10.0. The Morgan fingerprint density at radius 3 is 2.50 bits per heavy atom. The Morgan fingerprint density at radius 1 is 1.44 bits per heavy atom. The van der Waals surface area contributed by atoms with E-state index in [2.05, 4.69) is 4.74 Å². The van der Waals surface area contributed by atoms with Crippen LogP contribution in [0.1, 0.15) is 21.5 Å². The van der Waals surface area contributed by atoms with Crippen molar-refractivity contribution in [3.8, 4) is 6.07 Å². The van der Waals surface area contributed by atoms with Gasteiger partial charge in [0.25, 0.3) is 0 Å². The van der Waals surface area contributed by atoms with Crippen molar-refractivity contribution in [1.82, 2.24) is 0 Å². The Kier molecular flexibility index (Phi) is 3.18. The highest BCUT2D eigenvalue weighted by atomic mass is 19.4. The van der Waals surface area contributed by atoms with Crippen LogP contribution in [0.3, 0.4) is 0 Å². The van der Waals surface area contributed by atoms with E-state index in [-0.39, 0.29) is 11.1 Å². The van der Waals surface area contributed by atoms with E-state index in [4.69, 9.17) is 5.26 Å². The number of rotatable bonds is 1. The maximum absolute atomic E-state index is 12.3. The number of alkyl halides is 3. The van der Waals surface area contributed by atoms with Crippen molar-refractivity contribution in [2.75, 3.05) is 7.11 Å². The molecule has 6 heteroatoms. The van der Waals surface area contributed by atoms with Crippen molar-refractivity contribution in [3.05, 3.63) is 34.9 Å². The van der Waals surface area contributed by atoms with Gasteiger partial charge in [-0.25, -0.2) is 4.79 Å². The fourth-order valence-electron chi connectivity index (χ4n) is 1.10. The van der Waals surface area contributed by atoms with Gasteiger partial charge in [-0.15, -0.1) is 0 Å². The number of methoxy groups -OCH3 is 1. The molecule has 0 aromatic heterocycles. The lowest BCUT2D eigenvalue weighted by molar-refractivity contribution is -0.137. The van der Waals surface area contributed by atoms with Crippen LogP contribution in [0.15, 0.2) is 18.2 Å². The van der Waals surface area contributed by atoms with Crippen molar-refractivity contribution >= 4 is 5.97 Å². The van der Waals surface area contributed by atoms with E-state index in [1.807, 2.05) is 0 Å². The lowest BCUT2D eigenvalue weighted by Gasteiger charge is -2.08. The van der Waals surface area contributed by atoms with E-state index in [1.165, 1.54) is 0 Å². The molecule has 3 nitrogen and oxygen atoms in total. The van der Waals surface area contributed by atoms with E-state index in [0.717, 1.165) is 19.2 Å². The summed E-state index contributed by atoms with van der Waals surface area (Å²) in [5.74, 6) is -0.970. The quantitative estimate of drug-likeness (QED) is 0.694. The van der Waals surface area contributed by atoms with Crippen LogP contribution < -0.4 is 0 Å².